The van der Waals surface area contributed by atoms with Crippen molar-refractivity contribution in [3.8, 4) is 0 Å². The van der Waals surface area contributed by atoms with Crippen LogP contribution in [0.2, 0.25) is 0 Å². The smallest absolute Gasteiger partial charge is 0.239 e. The molecule has 1 aliphatic carbocycles. The molecule has 1 aromatic carbocycles. The van der Waals surface area contributed by atoms with Crippen molar-refractivity contribution >= 4 is 29.7 Å². The summed E-state index contributed by atoms with van der Waals surface area (Å²) in [5.41, 5.74) is 9.28. The van der Waals surface area contributed by atoms with Crippen molar-refractivity contribution in [2.24, 2.45) is 11.8 Å². The second-order valence-corrected chi connectivity index (χ2v) is 7.31. The Morgan fingerprint density at radius 2 is 2.08 bits per heavy atom. The number of nitrogen functional groups attached to an aromatic ring is 1. The molecule has 1 amide bonds. The van der Waals surface area contributed by atoms with Gasteiger partial charge in [-0.05, 0) is 48.8 Å². The van der Waals surface area contributed by atoms with E-state index in [0.717, 1.165) is 37.2 Å². The molecule has 1 fully saturated rings. The fraction of sp³-hybridized carbons (Fsp3) is 0.632. The average Bonchev–Trinajstić information content (AvgIpc) is 2.53. The van der Waals surface area contributed by atoms with Crippen molar-refractivity contribution in [3.63, 3.8) is 0 Å². The minimum atomic E-state index is 0. The quantitative estimate of drug-likeness (QED) is 0.821. The lowest BCUT2D eigenvalue weighted by atomic mass is 9.78. The van der Waals surface area contributed by atoms with Crippen LogP contribution in [0.15, 0.2) is 18.2 Å². The number of carbonyl (C=O) groups is 1. The van der Waals surface area contributed by atoms with Crippen LogP contribution in [0.1, 0.15) is 45.1 Å². The third kappa shape index (κ3) is 3.97. The van der Waals surface area contributed by atoms with E-state index in [0.29, 0.717) is 24.4 Å². The molecule has 0 radical (unpaired) electrons. The highest BCUT2D eigenvalue weighted by Gasteiger charge is 2.29. The Bertz CT molecular complexity index is 578. The molecule has 0 spiro atoms. The fourth-order valence-corrected chi connectivity index (χ4v) is 4.10. The summed E-state index contributed by atoms with van der Waals surface area (Å²) in [5.74, 6) is 1.41. The lowest BCUT2D eigenvalue weighted by molar-refractivity contribution is -0.121. The fourth-order valence-electron chi connectivity index (χ4n) is 4.10. The van der Waals surface area contributed by atoms with Crippen molar-refractivity contribution < 1.29 is 4.79 Å². The number of fused-ring (bicyclic) bond motifs is 1. The van der Waals surface area contributed by atoms with E-state index >= 15 is 0 Å². The molecule has 2 aliphatic rings. The molecular weight excluding hydrogens is 322 g/mol. The second kappa shape index (κ2) is 8.11. The molecule has 0 bridgehead atoms. The van der Waals surface area contributed by atoms with Gasteiger partial charge in [0.2, 0.25) is 5.91 Å². The molecule has 1 aromatic rings. The molecule has 0 aromatic heterocycles. The Morgan fingerprint density at radius 1 is 1.29 bits per heavy atom. The maximum atomic E-state index is 12.5. The van der Waals surface area contributed by atoms with Crippen LogP contribution in [0.4, 0.5) is 11.4 Å². The summed E-state index contributed by atoms with van der Waals surface area (Å²) in [6.45, 7) is 5.94. The van der Waals surface area contributed by atoms with Gasteiger partial charge in [0.15, 0.2) is 0 Å². The summed E-state index contributed by atoms with van der Waals surface area (Å²) < 4.78 is 0. The molecule has 3 rings (SSSR count). The minimum absolute atomic E-state index is 0. The number of anilines is 2. The van der Waals surface area contributed by atoms with Gasteiger partial charge >= 0.3 is 0 Å². The van der Waals surface area contributed by atoms with E-state index in [1.54, 1.807) is 0 Å². The number of hydrogen-bond acceptors (Lipinski definition) is 3. The second-order valence-electron chi connectivity index (χ2n) is 7.31. The standard InChI is InChI=1S/C19H29N3O.ClH/c1-13-6-3-9-17(14(13)2)21-19(23)12-22-11-5-7-15-16(20)8-4-10-18(15)22;/h4,8,10,13-14,17H,3,5-7,9,11-12,20H2,1-2H3,(H,21,23);1H. The van der Waals surface area contributed by atoms with E-state index in [2.05, 4.69) is 30.1 Å². The van der Waals surface area contributed by atoms with E-state index in [1.807, 2.05) is 12.1 Å². The Balaban J connectivity index is 0.00000208. The third-order valence-electron chi connectivity index (χ3n) is 5.77. The Labute approximate surface area is 151 Å². The van der Waals surface area contributed by atoms with E-state index < -0.39 is 0 Å². The first-order valence-electron chi connectivity index (χ1n) is 8.98. The molecule has 5 heteroatoms. The topological polar surface area (TPSA) is 58.4 Å². The van der Waals surface area contributed by atoms with Gasteiger partial charge in [-0.1, -0.05) is 32.8 Å². The van der Waals surface area contributed by atoms with Crippen LogP contribution in [0.5, 0.6) is 0 Å². The zero-order chi connectivity index (χ0) is 16.4. The van der Waals surface area contributed by atoms with Crippen LogP contribution in [-0.2, 0) is 11.2 Å². The zero-order valence-corrected chi connectivity index (χ0v) is 15.6. The molecule has 1 saturated carbocycles. The number of nitrogens with two attached hydrogens (primary N) is 1. The zero-order valence-electron chi connectivity index (χ0n) is 14.8. The van der Waals surface area contributed by atoms with Gasteiger partial charge in [0.05, 0.1) is 6.54 Å². The van der Waals surface area contributed by atoms with Crippen LogP contribution in [0.25, 0.3) is 0 Å². The summed E-state index contributed by atoms with van der Waals surface area (Å²) >= 11 is 0. The molecule has 3 N–H and O–H groups in total. The summed E-state index contributed by atoms with van der Waals surface area (Å²) in [4.78, 5) is 14.7. The number of nitrogens with one attached hydrogen (secondary N) is 1. The van der Waals surface area contributed by atoms with E-state index in [9.17, 15) is 4.79 Å². The SMILES string of the molecule is CC1CCCC(NC(=O)CN2CCCc3c(N)cccc32)C1C.Cl. The number of halogens is 1. The molecule has 1 heterocycles. The average molecular weight is 352 g/mol. The lowest BCUT2D eigenvalue weighted by Gasteiger charge is -2.36. The maximum Gasteiger partial charge on any atom is 0.239 e. The van der Waals surface area contributed by atoms with Gasteiger partial charge in [-0.3, -0.25) is 4.79 Å². The summed E-state index contributed by atoms with van der Waals surface area (Å²) in [7, 11) is 0. The number of nitrogens with zero attached hydrogens (tertiary/aromatic N) is 1. The third-order valence-corrected chi connectivity index (χ3v) is 5.77. The Kier molecular flexibility index (Phi) is 6.39. The molecule has 4 nitrogen and oxygen atoms in total. The van der Waals surface area contributed by atoms with Crippen molar-refractivity contribution in [2.45, 2.75) is 52.0 Å². The first-order chi connectivity index (χ1) is 11.1. The van der Waals surface area contributed by atoms with E-state index in [-0.39, 0.29) is 18.3 Å². The van der Waals surface area contributed by atoms with Crippen LogP contribution < -0.4 is 16.0 Å². The molecule has 134 valence electrons. The summed E-state index contributed by atoms with van der Waals surface area (Å²) in [6, 6.07) is 6.35. The lowest BCUT2D eigenvalue weighted by Crippen LogP contribution is -2.48. The van der Waals surface area contributed by atoms with Crippen molar-refractivity contribution in [3.05, 3.63) is 23.8 Å². The number of amides is 1. The molecule has 1 aliphatic heterocycles. The van der Waals surface area contributed by atoms with Gasteiger partial charge in [0, 0.05) is 24.0 Å². The predicted octanol–water partition coefficient (Wildman–Crippen LogP) is 3.38. The molecule has 24 heavy (non-hydrogen) atoms. The number of rotatable bonds is 3. The highest BCUT2D eigenvalue weighted by Crippen LogP contribution is 2.32. The Morgan fingerprint density at radius 3 is 2.88 bits per heavy atom. The normalized spacial score (nSPS) is 26.2. The van der Waals surface area contributed by atoms with Gasteiger partial charge in [-0.2, -0.15) is 0 Å². The predicted molar refractivity (Wildman–Crippen MR) is 103 cm³/mol. The highest BCUT2D eigenvalue weighted by molar-refractivity contribution is 5.85. The van der Waals surface area contributed by atoms with Gasteiger partial charge in [-0.15, -0.1) is 12.4 Å². The van der Waals surface area contributed by atoms with Crippen LogP contribution in [-0.4, -0.2) is 25.0 Å². The minimum Gasteiger partial charge on any atom is -0.398 e. The molecule has 3 unspecified atom stereocenters. The monoisotopic (exact) mass is 351 g/mol. The summed E-state index contributed by atoms with van der Waals surface area (Å²) in [5, 5.41) is 3.28. The number of carbonyl (C=O) groups excluding carboxylic acids is 1. The van der Waals surface area contributed by atoms with Crippen LogP contribution in [0.3, 0.4) is 0 Å². The first-order valence-corrected chi connectivity index (χ1v) is 8.98. The van der Waals surface area contributed by atoms with E-state index in [1.165, 1.54) is 18.4 Å². The number of benzene rings is 1. The van der Waals surface area contributed by atoms with Crippen molar-refractivity contribution in [2.75, 3.05) is 23.7 Å². The van der Waals surface area contributed by atoms with Crippen molar-refractivity contribution in [1.29, 1.82) is 0 Å². The largest absolute Gasteiger partial charge is 0.398 e. The number of hydrogen-bond donors (Lipinski definition) is 2. The van der Waals surface area contributed by atoms with Gasteiger partial charge < -0.3 is 16.0 Å². The van der Waals surface area contributed by atoms with E-state index in [4.69, 9.17) is 5.73 Å². The van der Waals surface area contributed by atoms with Crippen LogP contribution in [0, 0.1) is 11.8 Å². The maximum absolute atomic E-state index is 12.5. The van der Waals surface area contributed by atoms with Crippen molar-refractivity contribution in [1.82, 2.24) is 5.32 Å². The van der Waals surface area contributed by atoms with Gasteiger partial charge in [0.1, 0.15) is 0 Å². The molecule has 0 saturated heterocycles. The molecule has 3 atom stereocenters. The summed E-state index contributed by atoms with van der Waals surface area (Å²) in [6.07, 6.45) is 5.69. The van der Waals surface area contributed by atoms with Gasteiger partial charge in [0.25, 0.3) is 0 Å². The molecular formula is C19H30ClN3O. The highest BCUT2D eigenvalue weighted by atomic mass is 35.5. The first kappa shape index (κ1) is 18.9. The van der Waals surface area contributed by atoms with Gasteiger partial charge in [-0.25, -0.2) is 0 Å². The Hall–Kier alpha value is -1.42. The van der Waals surface area contributed by atoms with Crippen LogP contribution >= 0.6 is 12.4 Å².